The highest BCUT2D eigenvalue weighted by Gasteiger charge is 2.17. The molecule has 0 aliphatic carbocycles. The monoisotopic (exact) mass is 238 g/mol. The smallest absolute Gasteiger partial charge is 0.251 e. The summed E-state index contributed by atoms with van der Waals surface area (Å²) < 4.78 is 5.70. The Kier molecular flexibility index (Phi) is 3.66. The van der Waals surface area contributed by atoms with E-state index in [4.69, 9.17) is 4.74 Å². The molecule has 1 saturated heterocycles. The molecule has 0 spiro atoms. The fourth-order valence-electron chi connectivity index (χ4n) is 1.54. The highest BCUT2D eigenvalue weighted by Crippen LogP contribution is 2.22. The highest BCUT2D eigenvalue weighted by molar-refractivity contribution is 7.99. The van der Waals surface area contributed by atoms with Crippen LogP contribution >= 0.6 is 11.8 Å². The standard InChI is InChI=1S/C11H14N2O2S/c1-12-11(14)8-2-4-13-10(6-8)15-9-3-5-16-7-9/h2,4,6,9H,3,5,7H2,1H3,(H,12,14). The van der Waals surface area contributed by atoms with Crippen LogP contribution in [0.5, 0.6) is 5.88 Å². The Morgan fingerprint density at radius 2 is 2.56 bits per heavy atom. The van der Waals surface area contributed by atoms with Crippen molar-refractivity contribution in [3.63, 3.8) is 0 Å². The van der Waals surface area contributed by atoms with Gasteiger partial charge in [0.05, 0.1) is 0 Å². The van der Waals surface area contributed by atoms with E-state index < -0.39 is 0 Å². The number of hydrogen-bond acceptors (Lipinski definition) is 4. The molecule has 16 heavy (non-hydrogen) atoms. The van der Waals surface area contributed by atoms with Gasteiger partial charge in [0.25, 0.3) is 5.91 Å². The van der Waals surface area contributed by atoms with Crippen LogP contribution in [0.4, 0.5) is 0 Å². The molecule has 2 rings (SSSR count). The van der Waals surface area contributed by atoms with Crippen molar-refractivity contribution in [1.82, 2.24) is 10.3 Å². The maximum atomic E-state index is 11.4. The Balaban J connectivity index is 2.06. The molecule has 1 aliphatic rings. The Labute approximate surface area is 98.8 Å². The van der Waals surface area contributed by atoms with Crippen molar-refractivity contribution in [2.45, 2.75) is 12.5 Å². The van der Waals surface area contributed by atoms with Crippen LogP contribution in [0.15, 0.2) is 18.3 Å². The van der Waals surface area contributed by atoms with E-state index >= 15 is 0 Å². The Morgan fingerprint density at radius 3 is 3.25 bits per heavy atom. The fourth-order valence-corrected chi connectivity index (χ4v) is 2.63. The third-order valence-corrected chi connectivity index (χ3v) is 3.53. The number of nitrogens with zero attached hydrogens (tertiary/aromatic N) is 1. The van der Waals surface area contributed by atoms with Gasteiger partial charge in [-0.3, -0.25) is 4.79 Å². The molecule has 0 bridgehead atoms. The van der Waals surface area contributed by atoms with Gasteiger partial charge >= 0.3 is 0 Å². The number of pyridine rings is 1. The minimum atomic E-state index is -0.118. The van der Waals surface area contributed by atoms with Crippen LogP contribution in [0.3, 0.4) is 0 Å². The van der Waals surface area contributed by atoms with E-state index in [2.05, 4.69) is 10.3 Å². The van der Waals surface area contributed by atoms with Crippen LogP contribution in [0, 0.1) is 0 Å². The predicted molar refractivity (Wildman–Crippen MR) is 64.0 cm³/mol. The van der Waals surface area contributed by atoms with E-state index in [0.29, 0.717) is 11.4 Å². The number of thioether (sulfide) groups is 1. The molecule has 0 saturated carbocycles. The number of amides is 1. The zero-order chi connectivity index (χ0) is 11.4. The minimum absolute atomic E-state index is 0.118. The van der Waals surface area contributed by atoms with Gasteiger partial charge in [0, 0.05) is 30.6 Å². The van der Waals surface area contributed by atoms with Gasteiger partial charge in [-0.1, -0.05) is 0 Å². The van der Waals surface area contributed by atoms with E-state index in [1.54, 1.807) is 25.4 Å². The van der Waals surface area contributed by atoms with Crippen LogP contribution in [0.25, 0.3) is 0 Å². The first kappa shape index (κ1) is 11.3. The predicted octanol–water partition coefficient (Wildman–Crippen LogP) is 1.33. The van der Waals surface area contributed by atoms with Crippen molar-refractivity contribution in [2.24, 2.45) is 0 Å². The normalized spacial score (nSPS) is 19.4. The van der Waals surface area contributed by atoms with E-state index in [9.17, 15) is 4.79 Å². The average molecular weight is 238 g/mol. The first-order valence-corrected chi connectivity index (χ1v) is 6.37. The Morgan fingerprint density at radius 1 is 1.69 bits per heavy atom. The molecule has 0 radical (unpaired) electrons. The van der Waals surface area contributed by atoms with E-state index in [1.807, 2.05) is 11.8 Å². The van der Waals surface area contributed by atoms with Gasteiger partial charge in [-0.05, 0) is 18.2 Å². The van der Waals surface area contributed by atoms with Crippen molar-refractivity contribution < 1.29 is 9.53 Å². The zero-order valence-corrected chi connectivity index (χ0v) is 9.92. The number of ether oxygens (including phenoxy) is 1. The third-order valence-electron chi connectivity index (χ3n) is 2.40. The van der Waals surface area contributed by atoms with Crippen molar-refractivity contribution in [3.8, 4) is 5.88 Å². The van der Waals surface area contributed by atoms with Gasteiger partial charge in [0.2, 0.25) is 5.88 Å². The van der Waals surface area contributed by atoms with Gasteiger partial charge in [0.15, 0.2) is 0 Å². The number of carbonyl (C=O) groups excluding carboxylic acids is 1. The molecular weight excluding hydrogens is 224 g/mol. The zero-order valence-electron chi connectivity index (χ0n) is 9.10. The van der Waals surface area contributed by atoms with Crippen LogP contribution in [0.2, 0.25) is 0 Å². The SMILES string of the molecule is CNC(=O)c1ccnc(OC2CCSC2)c1. The Hall–Kier alpha value is -1.23. The summed E-state index contributed by atoms with van der Waals surface area (Å²) in [7, 11) is 1.61. The second-order valence-corrected chi connectivity index (χ2v) is 4.72. The lowest BCUT2D eigenvalue weighted by atomic mass is 10.2. The maximum absolute atomic E-state index is 11.4. The molecule has 1 fully saturated rings. The summed E-state index contributed by atoms with van der Waals surface area (Å²) in [6.07, 6.45) is 2.89. The largest absolute Gasteiger partial charge is 0.473 e. The minimum Gasteiger partial charge on any atom is -0.473 e. The molecule has 5 heteroatoms. The third kappa shape index (κ3) is 2.66. The number of hydrogen-bond donors (Lipinski definition) is 1. The summed E-state index contributed by atoms with van der Waals surface area (Å²) in [5.74, 6) is 2.56. The summed E-state index contributed by atoms with van der Waals surface area (Å²) in [5.41, 5.74) is 0.582. The van der Waals surface area contributed by atoms with Gasteiger partial charge in [-0.25, -0.2) is 4.98 Å². The van der Waals surface area contributed by atoms with E-state index in [1.165, 1.54) is 0 Å². The van der Waals surface area contributed by atoms with Gasteiger partial charge in [0.1, 0.15) is 6.10 Å². The van der Waals surface area contributed by atoms with E-state index in [-0.39, 0.29) is 12.0 Å². The molecule has 1 atom stereocenters. The number of carbonyl (C=O) groups is 1. The molecule has 1 amide bonds. The topological polar surface area (TPSA) is 51.2 Å². The molecule has 4 nitrogen and oxygen atoms in total. The van der Waals surface area contributed by atoms with Crippen molar-refractivity contribution in [2.75, 3.05) is 18.6 Å². The fraction of sp³-hybridized carbons (Fsp3) is 0.455. The molecule has 0 aromatic carbocycles. The average Bonchev–Trinajstić information content (AvgIpc) is 2.81. The second-order valence-electron chi connectivity index (χ2n) is 3.57. The summed E-state index contributed by atoms with van der Waals surface area (Å²) in [4.78, 5) is 15.5. The lowest BCUT2D eigenvalue weighted by Gasteiger charge is -2.11. The quantitative estimate of drug-likeness (QED) is 0.863. The molecule has 1 N–H and O–H groups in total. The van der Waals surface area contributed by atoms with Crippen LogP contribution in [-0.4, -0.2) is 35.5 Å². The second kappa shape index (κ2) is 5.21. The summed E-state index contributed by atoms with van der Waals surface area (Å²) in [6.45, 7) is 0. The van der Waals surface area contributed by atoms with Crippen molar-refractivity contribution in [3.05, 3.63) is 23.9 Å². The molecule has 1 unspecified atom stereocenters. The molecule has 1 aliphatic heterocycles. The van der Waals surface area contributed by atoms with Crippen molar-refractivity contribution >= 4 is 17.7 Å². The lowest BCUT2D eigenvalue weighted by molar-refractivity contribution is 0.0962. The molecular formula is C11H14N2O2S. The van der Waals surface area contributed by atoms with Crippen molar-refractivity contribution in [1.29, 1.82) is 0 Å². The first-order chi connectivity index (χ1) is 7.79. The summed E-state index contributed by atoms with van der Waals surface area (Å²) >= 11 is 1.88. The van der Waals surface area contributed by atoms with Gasteiger partial charge in [-0.15, -0.1) is 0 Å². The number of nitrogens with one attached hydrogen (secondary N) is 1. The summed E-state index contributed by atoms with van der Waals surface area (Å²) in [5, 5.41) is 2.58. The van der Waals surface area contributed by atoms with Crippen LogP contribution < -0.4 is 10.1 Å². The van der Waals surface area contributed by atoms with Crippen LogP contribution in [0.1, 0.15) is 16.8 Å². The Bertz CT molecular complexity index is 378. The van der Waals surface area contributed by atoms with Crippen LogP contribution in [-0.2, 0) is 0 Å². The molecule has 1 aromatic rings. The highest BCUT2D eigenvalue weighted by atomic mass is 32.2. The number of rotatable bonds is 3. The first-order valence-electron chi connectivity index (χ1n) is 5.22. The number of aromatic nitrogens is 1. The maximum Gasteiger partial charge on any atom is 0.251 e. The summed E-state index contributed by atoms with van der Waals surface area (Å²) in [6, 6.07) is 3.36. The van der Waals surface area contributed by atoms with Gasteiger partial charge < -0.3 is 10.1 Å². The molecule has 1 aromatic heterocycles. The lowest BCUT2D eigenvalue weighted by Crippen LogP contribution is -2.19. The van der Waals surface area contributed by atoms with Gasteiger partial charge in [-0.2, -0.15) is 11.8 Å². The molecule has 2 heterocycles. The van der Waals surface area contributed by atoms with E-state index in [0.717, 1.165) is 17.9 Å². The molecule has 86 valence electrons.